The average Bonchev–Trinajstić information content (AvgIpc) is 3.12. The molecule has 0 aliphatic carbocycles. The molecule has 1 saturated heterocycles. The summed E-state index contributed by atoms with van der Waals surface area (Å²) in [5.41, 5.74) is 2.29. The highest BCUT2D eigenvalue weighted by atomic mass is 16.5. The molecule has 25 heavy (non-hydrogen) atoms. The minimum absolute atomic E-state index is 0.145. The highest BCUT2D eigenvalue weighted by Crippen LogP contribution is 2.32. The molecular formula is C21H25NO3. The summed E-state index contributed by atoms with van der Waals surface area (Å²) in [6.07, 6.45) is 2.59. The second-order valence-corrected chi connectivity index (χ2v) is 6.50. The van der Waals surface area contributed by atoms with Gasteiger partial charge in [-0.1, -0.05) is 49.4 Å². The summed E-state index contributed by atoms with van der Waals surface area (Å²) in [5.74, 6) is 0.123. The maximum absolute atomic E-state index is 11.5. The monoisotopic (exact) mass is 339 g/mol. The SMILES string of the molecule is CCC(c1ccc(OCc2ccccc2)cc1)N1CCCC1C(=O)O. The van der Waals surface area contributed by atoms with Crippen LogP contribution < -0.4 is 4.74 Å². The molecule has 1 aliphatic heterocycles. The summed E-state index contributed by atoms with van der Waals surface area (Å²) in [5, 5.41) is 9.44. The molecule has 4 heteroatoms. The number of ether oxygens (including phenoxy) is 1. The van der Waals surface area contributed by atoms with Crippen molar-refractivity contribution in [3.05, 3.63) is 65.7 Å². The number of carboxylic acids is 1. The Hall–Kier alpha value is -2.33. The Morgan fingerprint density at radius 2 is 1.92 bits per heavy atom. The fourth-order valence-electron chi connectivity index (χ4n) is 3.62. The number of aliphatic carboxylic acids is 1. The molecule has 2 aromatic rings. The van der Waals surface area contributed by atoms with Crippen LogP contribution in [0.15, 0.2) is 54.6 Å². The molecule has 0 aromatic heterocycles. The van der Waals surface area contributed by atoms with Crippen molar-refractivity contribution in [1.29, 1.82) is 0 Å². The smallest absolute Gasteiger partial charge is 0.320 e. The lowest BCUT2D eigenvalue weighted by Crippen LogP contribution is -2.38. The molecular weight excluding hydrogens is 314 g/mol. The Balaban J connectivity index is 1.67. The van der Waals surface area contributed by atoms with Gasteiger partial charge in [-0.15, -0.1) is 0 Å². The number of hydrogen-bond donors (Lipinski definition) is 1. The van der Waals surface area contributed by atoms with Gasteiger partial charge in [-0.2, -0.15) is 0 Å². The molecule has 0 radical (unpaired) electrons. The molecule has 1 aliphatic rings. The molecule has 1 N–H and O–H groups in total. The van der Waals surface area contributed by atoms with Gasteiger partial charge in [0.1, 0.15) is 18.4 Å². The molecule has 2 aromatic carbocycles. The molecule has 1 fully saturated rings. The summed E-state index contributed by atoms with van der Waals surface area (Å²) in [4.78, 5) is 13.6. The Morgan fingerprint density at radius 1 is 1.20 bits per heavy atom. The van der Waals surface area contributed by atoms with Gasteiger partial charge in [-0.3, -0.25) is 9.69 Å². The number of likely N-dealkylation sites (tertiary alicyclic amines) is 1. The van der Waals surface area contributed by atoms with Gasteiger partial charge in [0, 0.05) is 6.04 Å². The van der Waals surface area contributed by atoms with Crippen molar-refractivity contribution in [2.24, 2.45) is 0 Å². The van der Waals surface area contributed by atoms with Crippen molar-refractivity contribution in [2.75, 3.05) is 6.54 Å². The lowest BCUT2D eigenvalue weighted by atomic mass is 10.0. The predicted octanol–water partition coefficient (Wildman–Crippen LogP) is 4.27. The zero-order chi connectivity index (χ0) is 17.6. The van der Waals surface area contributed by atoms with E-state index in [0.717, 1.165) is 42.7 Å². The van der Waals surface area contributed by atoms with Crippen LogP contribution in [0.1, 0.15) is 43.4 Å². The topological polar surface area (TPSA) is 49.8 Å². The second kappa shape index (κ2) is 8.17. The maximum atomic E-state index is 11.5. The van der Waals surface area contributed by atoms with Crippen molar-refractivity contribution in [3.8, 4) is 5.75 Å². The van der Waals surface area contributed by atoms with Gasteiger partial charge in [0.15, 0.2) is 0 Å². The standard InChI is InChI=1S/C21H25NO3/c1-2-19(22-14-6-9-20(22)21(23)24)17-10-12-18(13-11-17)25-15-16-7-4-3-5-8-16/h3-5,7-8,10-13,19-20H,2,6,9,14-15H2,1H3,(H,23,24). The number of carbonyl (C=O) groups is 1. The molecule has 4 nitrogen and oxygen atoms in total. The molecule has 2 unspecified atom stereocenters. The summed E-state index contributed by atoms with van der Waals surface area (Å²) in [7, 11) is 0. The molecule has 3 rings (SSSR count). The first-order valence-corrected chi connectivity index (χ1v) is 8.94. The highest BCUT2D eigenvalue weighted by molar-refractivity contribution is 5.73. The van der Waals surface area contributed by atoms with Crippen molar-refractivity contribution < 1.29 is 14.6 Å². The van der Waals surface area contributed by atoms with Crippen LogP contribution in [0.5, 0.6) is 5.75 Å². The molecule has 0 saturated carbocycles. The van der Waals surface area contributed by atoms with Gasteiger partial charge in [0.25, 0.3) is 0 Å². The largest absolute Gasteiger partial charge is 0.489 e. The molecule has 0 spiro atoms. The summed E-state index contributed by atoms with van der Waals surface area (Å²) in [6.45, 7) is 3.51. The third kappa shape index (κ3) is 4.20. The molecule has 0 amide bonds. The predicted molar refractivity (Wildman–Crippen MR) is 97.6 cm³/mol. The number of rotatable bonds is 7. The van der Waals surface area contributed by atoms with Crippen molar-refractivity contribution >= 4 is 5.97 Å². The normalized spacial score (nSPS) is 18.8. The van der Waals surface area contributed by atoms with E-state index >= 15 is 0 Å². The van der Waals surface area contributed by atoms with E-state index in [1.165, 1.54) is 0 Å². The first-order chi connectivity index (χ1) is 12.2. The zero-order valence-electron chi connectivity index (χ0n) is 14.6. The maximum Gasteiger partial charge on any atom is 0.320 e. The lowest BCUT2D eigenvalue weighted by molar-refractivity contribution is -0.143. The van der Waals surface area contributed by atoms with Gasteiger partial charge in [0.05, 0.1) is 0 Å². The Bertz CT molecular complexity index is 684. The summed E-state index contributed by atoms with van der Waals surface area (Å²) < 4.78 is 5.84. The first-order valence-electron chi connectivity index (χ1n) is 8.94. The quantitative estimate of drug-likeness (QED) is 0.818. The van der Waals surface area contributed by atoms with Gasteiger partial charge in [-0.05, 0) is 49.1 Å². The van der Waals surface area contributed by atoms with Crippen LogP contribution in [0.3, 0.4) is 0 Å². The lowest BCUT2D eigenvalue weighted by Gasteiger charge is -2.30. The van der Waals surface area contributed by atoms with Crippen molar-refractivity contribution in [2.45, 2.75) is 44.9 Å². The minimum Gasteiger partial charge on any atom is -0.489 e. The number of hydrogen-bond acceptors (Lipinski definition) is 3. The van der Waals surface area contributed by atoms with Crippen LogP contribution in [0, 0.1) is 0 Å². The Labute approximate surface area is 149 Å². The van der Waals surface area contributed by atoms with E-state index in [0.29, 0.717) is 6.61 Å². The van der Waals surface area contributed by atoms with Gasteiger partial charge < -0.3 is 9.84 Å². The minimum atomic E-state index is -0.709. The van der Waals surface area contributed by atoms with E-state index in [4.69, 9.17) is 4.74 Å². The summed E-state index contributed by atoms with van der Waals surface area (Å²) in [6, 6.07) is 17.9. The summed E-state index contributed by atoms with van der Waals surface area (Å²) >= 11 is 0. The van der Waals surface area contributed by atoms with E-state index in [9.17, 15) is 9.90 Å². The molecule has 132 valence electrons. The zero-order valence-corrected chi connectivity index (χ0v) is 14.6. The third-order valence-electron chi connectivity index (χ3n) is 4.88. The highest BCUT2D eigenvalue weighted by Gasteiger charge is 2.35. The van der Waals surface area contributed by atoms with E-state index in [2.05, 4.69) is 24.0 Å². The van der Waals surface area contributed by atoms with E-state index < -0.39 is 5.97 Å². The average molecular weight is 339 g/mol. The second-order valence-electron chi connectivity index (χ2n) is 6.50. The fraction of sp³-hybridized carbons (Fsp3) is 0.381. The van der Waals surface area contributed by atoms with E-state index in [-0.39, 0.29) is 12.1 Å². The van der Waals surface area contributed by atoms with Crippen LogP contribution in [0.25, 0.3) is 0 Å². The molecule has 0 bridgehead atoms. The van der Waals surface area contributed by atoms with E-state index in [1.807, 2.05) is 42.5 Å². The Kier molecular flexibility index (Phi) is 5.71. The van der Waals surface area contributed by atoms with Crippen LogP contribution >= 0.6 is 0 Å². The van der Waals surface area contributed by atoms with Crippen LogP contribution in [0.2, 0.25) is 0 Å². The first kappa shape index (κ1) is 17.5. The van der Waals surface area contributed by atoms with Gasteiger partial charge in [-0.25, -0.2) is 0 Å². The Morgan fingerprint density at radius 3 is 2.56 bits per heavy atom. The number of carboxylic acid groups (broad SMARTS) is 1. The number of nitrogens with zero attached hydrogens (tertiary/aromatic N) is 1. The van der Waals surface area contributed by atoms with E-state index in [1.54, 1.807) is 0 Å². The van der Waals surface area contributed by atoms with Crippen LogP contribution in [0.4, 0.5) is 0 Å². The van der Waals surface area contributed by atoms with Crippen LogP contribution in [-0.4, -0.2) is 28.6 Å². The fourth-order valence-corrected chi connectivity index (χ4v) is 3.62. The van der Waals surface area contributed by atoms with Gasteiger partial charge >= 0.3 is 5.97 Å². The van der Waals surface area contributed by atoms with Crippen LogP contribution in [-0.2, 0) is 11.4 Å². The van der Waals surface area contributed by atoms with Gasteiger partial charge in [0.2, 0.25) is 0 Å². The molecule has 2 atom stereocenters. The third-order valence-corrected chi connectivity index (χ3v) is 4.88. The molecule has 1 heterocycles. The van der Waals surface area contributed by atoms with Crippen molar-refractivity contribution in [3.63, 3.8) is 0 Å². The number of benzene rings is 2. The van der Waals surface area contributed by atoms with Crippen molar-refractivity contribution in [1.82, 2.24) is 4.90 Å².